The summed E-state index contributed by atoms with van der Waals surface area (Å²) < 4.78 is 0. The third-order valence-electron chi connectivity index (χ3n) is 5.04. The lowest BCUT2D eigenvalue weighted by molar-refractivity contribution is -0.384. The Bertz CT molecular complexity index is 1290. The number of amides is 1. The van der Waals surface area contributed by atoms with E-state index in [2.05, 4.69) is 17.5 Å². The first kappa shape index (κ1) is 19.1. The number of nitro benzene ring substituents is 1. The second-order valence-electron chi connectivity index (χ2n) is 6.79. The Hall–Kier alpha value is -4.26. The summed E-state index contributed by atoms with van der Waals surface area (Å²) in [4.78, 5) is 22.7. The highest BCUT2D eigenvalue weighted by Gasteiger charge is 2.16. The second-order valence-corrected chi connectivity index (χ2v) is 6.79. The Morgan fingerprint density at radius 3 is 2.13 bits per heavy atom. The summed E-state index contributed by atoms with van der Waals surface area (Å²) in [6, 6.07) is 19.1. The summed E-state index contributed by atoms with van der Waals surface area (Å²) >= 11 is 0. The maximum atomic E-state index is 12.4. The zero-order valence-corrected chi connectivity index (χ0v) is 16.0. The van der Waals surface area contributed by atoms with Crippen LogP contribution in [0.2, 0.25) is 0 Å². The quantitative estimate of drug-likeness (QED) is 0.225. The summed E-state index contributed by atoms with van der Waals surface area (Å²) in [5.74, 6) is -1.10. The Kier molecular flexibility index (Phi) is 4.85. The minimum absolute atomic E-state index is 0.222. The number of benzene rings is 4. The zero-order chi connectivity index (χ0) is 21.3. The van der Waals surface area contributed by atoms with Crippen LogP contribution in [0, 0.1) is 17.0 Å². The molecule has 7 heteroatoms. The van der Waals surface area contributed by atoms with Crippen LogP contribution < -0.4 is 5.43 Å². The Labute approximate surface area is 171 Å². The molecule has 0 unspecified atom stereocenters. The number of hydrazone groups is 1. The average molecular weight is 399 g/mol. The molecule has 0 saturated carbocycles. The van der Waals surface area contributed by atoms with Gasteiger partial charge in [-0.15, -0.1) is 0 Å². The van der Waals surface area contributed by atoms with Gasteiger partial charge in [-0.25, -0.2) is 5.43 Å². The van der Waals surface area contributed by atoms with E-state index < -0.39 is 10.8 Å². The molecule has 7 nitrogen and oxygen atoms in total. The lowest BCUT2D eigenvalue weighted by atomic mass is 9.93. The molecule has 0 aliphatic carbocycles. The molecule has 30 heavy (non-hydrogen) atoms. The summed E-state index contributed by atoms with van der Waals surface area (Å²) in [6.45, 7) is 2.07. The summed E-state index contributed by atoms with van der Waals surface area (Å²) in [7, 11) is 0. The van der Waals surface area contributed by atoms with Gasteiger partial charge in [-0.05, 0) is 40.1 Å². The smallest absolute Gasteiger partial charge is 0.275 e. The number of fused-ring (bicyclic) bond motifs is 2. The van der Waals surface area contributed by atoms with Gasteiger partial charge in [-0.2, -0.15) is 5.10 Å². The van der Waals surface area contributed by atoms with E-state index in [0.717, 1.165) is 50.9 Å². The summed E-state index contributed by atoms with van der Waals surface area (Å²) in [6.07, 6.45) is 1.55. The number of hydrogen-bond donors (Lipinski definition) is 2. The van der Waals surface area contributed by atoms with Crippen molar-refractivity contribution in [2.24, 2.45) is 5.10 Å². The molecule has 1 amide bonds. The fraction of sp³-hybridized carbons (Fsp3) is 0.0435. The number of phenols is 1. The van der Waals surface area contributed by atoms with E-state index in [1.807, 2.05) is 48.5 Å². The molecule has 0 spiro atoms. The van der Waals surface area contributed by atoms with Gasteiger partial charge in [0.05, 0.1) is 16.7 Å². The van der Waals surface area contributed by atoms with Crippen LogP contribution in [0.15, 0.2) is 71.8 Å². The minimum atomic E-state index is -0.742. The second kappa shape index (κ2) is 7.63. The van der Waals surface area contributed by atoms with Crippen molar-refractivity contribution in [3.05, 3.63) is 93.5 Å². The maximum Gasteiger partial charge on any atom is 0.275 e. The molecule has 0 radical (unpaired) electrons. The molecule has 0 aliphatic heterocycles. The van der Waals surface area contributed by atoms with Crippen LogP contribution in [0.25, 0.3) is 21.5 Å². The standard InChI is InChI=1S/C23H17N3O4/c1-14-16-6-2-4-8-18(16)21(19-9-5-3-7-17(14)19)13-24-25-23(28)20-12-15(26(29)30)10-11-22(20)27/h2-13,27H,1H3,(H,25,28)/b24-13+. The minimum Gasteiger partial charge on any atom is -0.507 e. The van der Waals surface area contributed by atoms with Gasteiger partial charge in [0.15, 0.2) is 0 Å². The molecule has 0 aliphatic rings. The lowest BCUT2D eigenvalue weighted by Crippen LogP contribution is -2.18. The van der Waals surface area contributed by atoms with Crippen LogP contribution in [-0.4, -0.2) is 22.2 Å². The number of rotatable bonds is 4. The Balaban J connectivity index is 1.73. The number of non-ortho nitro benzene ring substituents is 1. The van der Waals surface area contributed by atoms with Crippen molar-refractivity contribution in [2.45, 2.75) is 6.92 Å². The van der Waals surface area contributed by atoms with Crippen LogP contribution in [-0.2, 0) is 0 Å². The number of nitrogens with one attached hydrogen (secondary N) is 1. The van der Waals surface area contributed by atoms with E-state index in [-0.39, 0.29) is 17.0 Å². The normalized spacial score (nSPS) is 11.2. The third kappa shape index (κ3) is 3.33. The van der Waals surface area contributed by atoms with E-state index in [1.54, 1.807) is 6.21 Å². The van der Waals surface area contributed by atoms with Crippen molar-refractivity contribution in [3.63, 3.8) is 0 Å². The van der Waals surface area contributed by atoms with Gasteiger partial charge in [0, 0.05) is 17.7 Å². The van der Waals surface area contributed by atoms with Gasteiger partial charge >= 0.3 is 0 Å². The van der Waals surface area contributed by atoms with E-state index in [9.17, 15) is 20.0 Å². The Morgan fingerprint density at radius 2 is 1.57 bits per heavy atom. The number of nitrogens with zero attached hydrogens (tertiary/aromatic N) is 2. The predicted octanol–water partition coefficient (Wildman–Crippen LogP) is 4.68. The molecule has 0 atom stereocenters. The summed E-state index contributed by atoms with van der Waals surface area (Å²) in [5, 5.41) is 29.0. The van der Waals surface area contributed by atoms with Crippen LogP contribution >= 0.6 is 0 Å². The molecule has 0 aromatic heterocycles. The molecule has 4 aromatic carbocycles. The van der Waals surface area contributed by atoms with Crippen molar-refractivity contribution < 1.29 is 14.8 Å². The molecule has 0 heterocycles. The van der Waals surface area contributed by atoms with Crippen LogP contribution in [0.1, 0.15) is 21.5 Å². The monoisotopic (exact) mass is 399 g/mol. The number of phenolic OH excluding ortho intramolecular Hbond substituents is 1. The van der Waals surface area contributed by atoms with Crippen molar-refractivity contribution in [3.8, 4) is 5.75 Å². The zero-order valence-electron chi connectivity index (χ0n) is 16.0. The number of carbonyl (C=O) groups is 1. The van der Waals surface area contributed by atoms with Gasteiger partial charge in [0.1, 0.15) is 5.75 Å². The lowest BCUT2D eigenvalue weighted by Gasteiger charge is -2.12. The number of aryl methyl sites for hydroxylation is 1. The first-order valence-electron chi connectivity index (χ1n) is 9.18. The topological polar surface area (TPSA) is 105 Å². The number of hydrogen-bond acceptors (Lipinski definition) is 5. The number of nitro groups is 1. The predicted molar refractivity (Wildman–Crippen MR) is 116 cm³/mol. The van der Waals surface area contributed by atoms with Crippen LogP contribution in [0.4, 0.5) is 5.69 Å². The highest BCUT2D eigenvalue weighted by molar-refractivity contribution is 6.15. The number of carbonyl (C=O) groups excluding carboxylic acids is 1. The molecule has 148 valence electrons. The fourth-order valence-electron chi connectivity index (χ4n) is 3.55. The van der Waals surface area contributed by atoms with E-state index >= 15 is 0 Å². The molecule has 0 fully saturated rings. The van der Waals surface area contributed by atoms with Gasteiger partial charge in [-0.3, -0.25) is 14.9 Å². The van der Waals surface area contributed by atoms with Gasteiger partial charge < -0.3 is 5.11 Å². The van der Waals surface area contributed by atoms with Crippen molar-refractivity contribution >= 4 is 39.4 Å². The molecule has 0 bridgehead atoms. The highest BCUT2D eigenvalue weighted by Crippen LogP contribution is 2.31. The van der Waals surface area contributed by atoms with Gasteiger partial charge in [0.25, 0.3) is 11.6 Å². The molecule has 2 N–H and O–H groups in total. The first-order valence-corrected chi connectivity index (χ1v) is 9.18. The first-order chi connectivity index (χ1) is 14.5. The van der Waals surface area contributed by atoms with Gasteiger partial charge in [0.2, 0.25) is 0 Å². The average Bonchev–Trinajstić information content (AvgIpc) is 2.76. The molecule has 4 aromatic rings. The van der Waals surface area contributed by atoms with E-state index in [0.29, 0.717) is 0 Å². The SMILES string of the molecule is Cc1c2ccccc2c(/C=N/NC(=O)c2cc([N+](=O)[O-])ccc2O)c2ccccc12. The van der Waals surface area contributed by atoms with Crippen molar-refractivity contribution in [1.29, 1.82) is 0 Å². The third-order valence-corrected chi connectivity index (χ3v) is 5.04. The number of aromatic hydroxyl groups is 1. The molecule has 0 saturated heterocycles. The fourth-order valence-corrected chi connectivity index (χ4v) is 3.55. The van der Waals surface area contributed by atoms with Crippen molar-refractivity contribution in [1.82, 2.24) is 5.43 Å². The molecular weight excluding hydrogens is 382 g/mol. The van der Waals surface area contributed by atoms with Crippen LogP contribution in [0.5, 0.6) is 5.75 Å². The van der Waals surface area contributed by atoms with E-state index in [1.165, 1.54) is 0 Å². The highest BCUT2D eigenvalue weighted by atomic mass is 16.6. The largest absolute Gasteiger partial charge is 0.507 e. The molecular formula is C23H17N3O4. The van der Waals surface area contributed by atoms with Crippen LogP contribution in [0.3, 0.4) is 0 Å². The Morgan fingerprint density at radius 1 is 1.00 bits per heavy atom. The maximum absolute atomic E-state index is 12.4. The van der Waals surface area contributed by atoms with Crippen molar-refractivity contribution in [2.75, 3.05) is 0 Å². The van der Waals surface area contributed by atoms with E-state index in [4.69, 9.17) is 0 Å². The molecule has 4 rings (SSSR count). The summed E-state index contributed by atoms with van der Waals surface area (Å²) in [5.41, 5.74) is 3.83. The van der Waals surface area contributed by atoms with Gasteiger partial charge in [-0.1, -0.05) is 48.5 Å².